The number of ketones is 1. The molecule has 1 aliphatic heterocycles. The first-order valence-corrected chi connectivity index (χ1v) is 14.0. The van der Waals surface area contributed by atoms with Crippen LogP contribution in [0.25, 0.3) is 22.2 Å². The van der Waals surface area contributed by atoms with Crippen molar-refractivity contribution in [2.24, 2.45) is 5.92 Å². The largest absolute Gasteiger partial charge is 0.495 e. The standard InChI is InChI=1S/C31H30Cl2N4O4/c1-4-21(38)12-20-16-41-17-24(20)36-31-34-15-19-13-23(27-28(32)25(39-2)14-26(40-3)29(27)33)35-22(30(19)37-31)11-10-18-8-6-5-7-9-18/h4-9,13-15,20,24H,1,10-12,16-17H2,2-3H3,(H,34,36,37)/t20-,24+/m0/s1. The first-order chi connectivity index (χ1) is 19.9. The average molecular weight is 594 g/mol. The van der Waals surface area contributed by atoms with Crippen LogP contribution in [-0.4, -0.2) is 54.2 Å². The zero-order chi connectivity index (χ0) is 28.9. The molecule has 2 aromatic carbocycles. The van der Waals surface area contributed by atoms with Gasteiger partial charge in [-0.2, -0.15) is 0 Å². The Morgan fingerprint density at radius 2 is 1.80 bits per heavy atom. The molecule has 1 saturated heterocycles. The van der Waals surface area contributed by atoms with Crippen molar-refractivity contribution in [1.29, 1.82) is 0 Å². The van der Waals surface area contributed by atoms with Crippen LogP contribution in [0, 0.1) is 5.92 Å². The summed E-state index contributed by atoms with van der Waals surface area (Å²) in [6.45, 7) is 4.53. The molecule has 0 unspecified atom stereocenters. The van der Waals surface area contributed by atoms with Crippen LogP contribution in [0.2, 0.25) is 10.0 Å². The number of rotatable bonds is 11. The van der Waals surface area contributed by atoms with Gasteiger partial charge in [-0.3, -0.25) is 9.78 Å². The second-order valence-electron chi connectivity index (χ2n) is 9.78. The van der Waals surface area contributed by atoms with Crippen LogP contribution in [0.15, 0.2) is 61.3 Å². The number of hydrogen-bond acceptors (Lipinski definition) is 8. The molecule has 5 rings (SSSR count). The minimum Gasteiger partial charge on any atom is -0.495 e. The van der Waals surface area contributed by atoms with Gasteiger partial charge in [-0.15, -0.1) is 0 Å². The van der Waals surface area contributed by atoms with Crippen molar-refractivity contribution in [3.8, 4) is 22.8 Å². The molecule has 2 aromatic heterocycles. The van der Waals surface area contributed by atoms with E-state index in [1.54, 1.807) is 12.3 Å². The summed E-state index contributed by atoms with van der Waals surface area (Å²) >= 11 is 13.5. The number of halogens is 2. The maximum absolute atomic E-state index is 12.0. The minimum absolute atomic E-state index is 0.00479. The van der Waals surface area contributed by atoms with Crippen LogP contribution in [0.4, 0.5) is 5.95 Å². The van der Waals surface area contributed by atoms with Gasteiger partial charge in [0, 0.05) is 35.6 Å². The summed E-state index contributed by atoms with van der Waals surface area (Å²) in [7, 11) is 3.07. The van der Waals surface area contributed by atoms with Gasteiger partial charge >= 0.3 is 0 Å². The van der Waals surface area contributed by atoms with Crippen molar-refractivity contribution in [2.45, 2.75) is 25.3 Å². The molecule has 0 radical (unpaired) electrons. The van der Waals surface area contributed by atoms with E-state index >= 15 is 0 Å². The molecule has 1 aliphatic rings. The Balaban J connectivity index is 1.57. The van der Waals surface area contributed by atoms with E-state index in [4.69, 9.17) is 47.4 Å². The van der Waals surface area contributed by atoms with E-state index in [1.807, 2.05) is 24.3 Å². The molecular weight excluding hydrogens is 563 g/mol. The molecule has 41 heavy (non-hydrogen) atoms. The van der Waals surface area contributed by atoms with Crippen LogP contribution in [0.3, 0.4) is 0 Å². The predicted octanol–water partition coefficient (Wildman–Crippen LogP) is 6.37. The fourth-order valence-electron chi connectivity index (χ4n) is 4.96. The highest BCUT2D eigenvalue weighted by molar-refractivity contribution is 6.41. The Morgan fingerprint density at radius 3 is 2.49 bits per heavy atom. The summed E-state index contributed by atoms with van der Waals surface area (Å²) in [5.41, 5.74) is 3.72. The third kappa shape index (κ3) is 6.30. The number of hydrogen-bond donors (Lipinski definition) is 1. The lowest BCUT2D eigenvalue weighted by atomic mass is 9.97. The summed E-state index contributed by atoms with van der Waals surface area (Å²) in [5.74, 6) is 1.28. The van der Waals surface area contributed by atoms with E-state index in [0.717, 1.165) is 17.5 Å². The number of ether oxygens (including phenoxy) is 3. The number of carbonyl (C=O) groups excluding carboxylic acids is 1. The van der Waals surface area contributed by atoms with Gasteiger partial charge in [0.15, 0.2) is 5.78 Å². The Hall–Kier alpha value is -3.72. The van der Waals surface area contributed by atoms with Gasteiger partial charge in [0.1, 0.15) is 11.5 Å². The monoisotopic (exact) mass is 592 g/mol. The van der Waals surface area contributed by atoms with Gasteiger partial charge < -0.3 is 19.5 Å². The van der Waals surface area contributed by atoms with Crippen molar-refractivity contribution in [1.82, 2.24) is 15.0 Å². The second kappa shape index (κ2) is 12.9. The van der Waals surface area contributed by atoms with Crippen molar-refractivity contribution in [2.75, 3.05) is 32.8 Å². The molecule has 0 saturated carbocycles. The number of pyridine rings is 1. The highest BCUT2D eigenvalue weighted by Gasteiger charge is 2.30. The van der Waals surface area contributed by atoms with E-state index < -0.39 is 0 Å². The van der Waals surface area contributed by atoms with E-state index in [0.29, 0.717) is 70.3 Å². The maximum atomic E-state index is 12.0. The first-order valence-electron chi connectivity index (χ1n) is 13.2. The van der Waals surface area contributed by atoms with Crippen molar-refractivity contribution in [3.05, 3.63) is 82.6 Å². The zero-order valence-corrected chi connectivity index (χ0v) is 24.3. The fraction of sp³-hybridized carbons (Fsp3) is 0.290. The van der Waals surface area contributed by atoms with Crippen molar-refractivity contribution in [3.63, 3.8) is 0 Å². The van der Waals surface area contributed by atoms with Crippen LogP contribution < -0.4 is 14.8 Å². The number of aromatic nitrogens is 3. The van der Waals surface area contributed by atoms with Gasteiger partial charge in [0.2, 0.25) is 5.95 Å². The highest BCUT2D eigenvalue weighted by Crippen LogP contribution is 2.46. The normalized spacial score (nSPS) is 16.5. The zero-order valence-electron chi connectivity index (χ0n) is 22.8. The maximum Gasteiger partial charge on any atom is 0.223 e. The van der Waals surface area contributed by atoms with Crippen molar-refractivity contribution >= 4 is 45.8 Å². The molecule has 1 N–H and O–H groups in total. The molecule has 4 aromatic rings. The van der Waals surface area contributed by atoms with Gasteiger partial charge in [-0.25, -0.2) is 9.97 Å². The third-order valence-electron chi connectivity index (χ3n) is 7.17. The molecule has 0 aliphatic carbocycles. The average Bonchev–Trinajstić information content (AvgIpc) is 3.42. The SMILES string of the molecule is C=CC(=O)C[C@H]1COC[C@H]1Nc1ncc2cc(-c3c(Cl)c(OC)cc(OC)c3Cl)nc(CCc3ccccc3)c2n1. The highest BCUT2D eigenvalue weighted by atomic mass is 35.5. The van der Waals surface area contributed by atoms with Crippen LogP contribution in [-0.2, 0) is 22.4 Å². The Bertz CT molecular complexity index is 1550. The molecule has 8 nitrogen and oxygen atoms in total. The summed E-state index contributed by atoms with van der Waals surface area (Å²) < 4.78 is 16.6. The van der Waals surface area contributed by atoms with Gasteiger partial charge in [-0.05, 0) is 30.5 Å². The lowest BCUT2D eigenvalue weighted by Gasteiger charge is -2.19. The Labute approximate surface area is 248 Å². The topological polar surface area (TPSA) is 95.5 Å². The van der Waals surface area contributed by atoms with Crippen LogP contribution >= 0.6 is 23.2 Å². The third-order valence-corrected chi connectivity index (χ3v) is 7.92. The number of methoxy groups -OCH3 is 2. The summed E-state index contributed by atoms with van der Waals surface area (Å²) in [4.78, 5) is 26.5. The van der Waals surface area contributed by atoms with Gasteiger partial charge in [-0.1, -0.05) is 60.1 Å². The number of benzene rings is 2. The number of fused-ring (bicyclic) bond motifs is 1. The smallest absolute Gasteiger partial charge is 0.223 e. The van der Waals surface area contributed by atoms with Crippen LogP contribution in [0.1, 0.15) is 17.7 Å². The molecule has 0 spiro atoms. The van der Waals surface area contributed by atoms with E-state index in [9.17, 15) is 4.79 Å². The van der Waals surface area contributed by atoms with E-state index in [1.165, 1.54) is 25.9 Å². The van der Waals surface area contributed by atoms with E-state index in [2.05, 4.69) is 29.0 Å². The number of nitrogens with one attached hydrogen (secondary N) is 1. The second-order valence-corrected chi connectivity index (χ2v) is 10.5. The summed E-state index contributed by atoms with van der Waals surface area (Å²) in [6.07, 6.45) is 4.82. The van der Waals surface area contributed by atoms with E-state index in [-0.39, 0.29) is 17.7 Å². The Morgan fingerprint density at radius 1 is 1.07 bits per heavy atom. The molecule has 0 amide bonds. The van der Waals surface area contributed by atoms with Crippen LogP contribution in [0.5, 0.6) is 11.5 Å². The van der Waals surface area contributed by atoms with Gasteiger partial charge in [0.25, 0.3) is 0 Å². The molecular formula is C31H30Cl2N4O4. The number of allylic oxidation sites excluding steroid dienone is 1. The molecule has 3 heterocycles. The number of carbonyl (C=O) groups is 1. The first kappa shape index (κ1) is 28.8. The lowest BCUT2D eigenvalue weighted by molar-refractivity contribution is -0.115. The summed E-state index contributed by atoms with van der Waals surface area (Å²) in [5, 5.41) is 4.81. The fourth-order valence-corrected chi connectivity index (χ4v) is 5.66. The van der Waals surface area contributed by atoms with Crippen molar-refractivity contribution < 1.29 is 19.0 Å². The minimum atomic E-state index is -0.0989. The lowest BCUT2D eigenvalue weighted by Crippen LogP contribution is -2.30. The predicted molar refractivity (Wildman–Crippen MR) is 161 cm³/mol. The quantitative estimate of drug-likeness (QED) is 0.201. The number of anilines is 1. The Kier molecular flexibility index (Phi) is 9.03. The number of nitrogens with zero attached hydrogens (tertiary/aromatic N) is 3. The molecule has 0 bridgehead atoms. The molecule has 1 fully saturated rings. The number of aryl methyl sites for hydroxylation is 2. The molecule has 2 atom stereocenters. The summed E-state index contributed by atoms with van der Waals surface area (Å²) in [6, 6.07) is 13.6. The van der Waals surface area contributed by atoms with Gasteiger partial charge in [0.05, 0.1) is 60.4 Å². The molecule has 10 heteroatoms. The molecule has 212 valence electrons.